The molecule has 0 aliphatic rings. The van der Waals surface area contributed by atoms with Crippen LogP contribution >= 0.6 is 7.82 Å². The zero-order valence-corrected chi connectivity index (χ0v) is 22.4. The minimum Gasteiger partial charge on any atom is -0.462 e. The molecular weight excluding hydrogens is 479 g/mol. The van der Waals surface area contributed by atoms with Crippen LogP contribution in [0.1, 0.15) is 104 Å². The first-order valence-corrected chi connectivity index (χ1v) is 14.4. The highest BCUT2D eigenvalue weighted by Crippen LogP contribution is 2.43. The first-order valence-electron chi connectivity index (χ1n) is 12.9. The summed E-state index contributed by atoms with van der Waals surface area (Å²) in [5, 5.41) is 17.9. The van der Waals surface area contributed by atoms with E-state index in [9.17, 15) is 24.2 Å². The summed E-state index contributed by atoms with van der Waals surface area (Å²) in [5.74, 6) is -1.12. The predicted octanol–water partition coefficient (Wildman–Crippen LogP) is 4.43. The number of phosphoric acid groups is 1. The average molecular weight is 527 g/mol. The summed E-state index contributed by atoms with van der Waals surface area (Å²) in [5.41, 5.74) is 0. The smallest absolute Gasteiger partial charge is 0.462 e. The van der Waals surface area contributed by atoms with E-state index in [2.05, 4.69) is 11.4 Å². The van der Waals surface area contributed by atoms with Gasteiger partial charge in [-0.1, -0.05) is 84.0 Å². The Morgan fingerprint density at radius 3 is 1.77 bits per heavy atom. The lowest BCUT2D eigenvalue weighted by Gasteiger charge is -2.20. The summed E-state index contributed by atoms with van der Waals surface area (Å²) in [6.07, 6.45) is 13.2. The van der Waals surface area contributed by atoms with Gasteiger partial charge in [-0.25, -0.2) is 4.57 Å². The monoisotopic (exact) mass is 526 g/mol. The zero-order valence-electron chi connectivity index (χ0n) is 21.5. The molecule has 0 amide bonds. The highest BCUT2D eigenvalue weighted by Gasteiger charge is 2.26. The fourth-order valence-electron chi connectivity index (χ4n) is 3.31. The molecule has 0 aromatic rings. The van der Waals surface area contributed by atoms with E-state index in [1.165, 1.54) is 64.7 Å². The Balaban J connectivity index is 4.04. The Bertz CT molecular complexity index is 587. The molecule has 0 spiro atoms. The molecule has 3 N–H and O–H groups in total. The van der Waals surface area contributed by atoms with Crippen molar-refractivity contribution < 1.29 is 47.8 Å². The Labute approximate surface area is 210 Å². The SMILES string of the molecule is CCCCCCCCCCCCCCCC(=O)O[C@@H](COC(C)=O)COP(=O)(O)OC[C@@H](O)CO. The van der Waals surface area contributed by atoms with Crippen LogP contribution in [0.2, 0.25) is 0 Å². The van der Waals surface area contributed by atoms with Gasteiger partial charge >= 0.3 is 19.8 Å². The van der Waals surface area contributed by atoms with E-state index >= 15 is 0 Å². The Morgan fingerprint density at radius 1 is 0.800 bits per heavy atom. The van der Waals surface area contributed by atoms with Crippen LogP contribution in [0.5, 0.6) is 0 Å². The van der Waals surface area contributed by atoms with Crippen molar-refractivity contribution in [3.63, 3.8) is 0 Å². The third-order valence-electron chi connectivity index (χ3n) is 5.32. The Kier molecular flexibility index (Phi) is 21.5. The van der Waals surface area contributed by atoms with E-state index in [0.29, 0.717) is 6.42 Å². The van der Waals surface area contributed by atoms with Gasteiger partial charge < -0.3 is 24.6 Å². The molecule has 0 saturated carbocycles. The maximum Gasteiger partial charge on any atom is 0.472 e. The number of unbranched alkanes of at least 4 members (excludes halogenated alkanes) is 12. The third kappa shape index (κ3) is 23.1. The van der Waals surface area contributed by atoms with Crippen LogP contribution in [0.3, 0.4) is 0 Å². The van der Waals surface area contributed by atoms with Crippen molar-refractivity contribution in [1.29, 1.82) is 0 Å². The van der Waals surface area contributed by atoms with Gasteiger partial charge in [0.25, 0.3) is 0 Å². The highest BCUT2D eigenvalue weighted by molar-refractivity contribution is 7.47. The summed E-state index contributed by atoms with van der Waals surface area (Å²) in [7, 11) is -4.56. The van der Waals surface area contributed by atoms with Crippen molar-refractivity contribution in [2.75, 3.05) is 26.4 Å². The van der Waals surface area contributed by atoms with Gasteiger partial charge in [0.05, 0.1) is 19.8 Å². The van der Waals surface area contributed by atoms with Crippen molar-refractivity contribution in [2.24, 2.45) is 0 Å². The maximum absolute atomic E-state index is 12.1. The molecular formula is C24H47O10P. The summed E-state index contributed by atoms with van der Waals surface area (Å²) in [6.45, 7) is 1.28. The summed E-state index contributed by atoms with van der Waals surface area (Å²) in [6, 6.07) is 0. The molecule has 35 heavy (non-hydrogen) atoms. The van der Waals surface area contributed by atoms with Gasteiger partial charge in [0, 0.05) is 13.3 Å². The number of esters is 2. The first-order chi connectivity index (χ1) is 16.7. The molecule has 0 rings (SSSR count). The number of hydrogen-bond acceptors (Lipinski definition) is 9. The molecule has 0 aliphatic carbocycles. The number of ether oxygens (including phenoxy) is 2. The molecule has 208 valence electrons. The van der Waals surface area contributed by atoms with Gasteiger partial charge in [0.2, 0.25) is 0 Å². The summed E-state index contributed by atoms with van der Waals surface area (Å²) < 4.78 is 31.2. The topological polar surface area (TPSA) is 149 Å². The highest BCUT2D eigenvalue weighted by atomic mass is 31.2. The van der Waals surface area contributed by atoms with Crippen LogP contribution in [-0.2, 0) is 32.7 Å². The molecule has 0 aromatic carbocycles. The fourth-order valence-corrected chi connectivity index (χ4v) is 4.10. The normalized spacial score (nSPS) is 14.8. The number of rotatable bonds is 24. The molecule has 0 aliphatic heterocycles. The zero-order chi connectivity index (χ0) is 26.4. The standard InChI is InChI=1S/C24H47O10P/c1-3-4-5-6-7-8-9-10-11-12-13-14-15-16-24(28)34-23(19-31-21(2)26)20-33-35(29,30)32-18-22(27)17-25/h22-23,25,27H,3-20H2,1-2H3,(H,29,30)/t22-,23-/m0/s1. The number of aliphatic hydroxyl groups is 2. The Hall–Kier alpha value is -1.03. The molecule has 0 saturated heterocycles. The van der Waals surface area contributed by atoms with Gasteiger partial charge in [-0.15, -0.1) is 0 Å². The minimum absolute atomic E-state index is 0.185. The van der Waals surface area contributed by atoms with Crippen molar-refractivity contribution in [3.8, 4) is 0 Å². The number of carbonyl (C=O) groups is 2. The quantitative estimate of drug-likeness (QED) is 0.0936. The number of phosphoric ester groups is 1. The van der Waals surface area contributed by atoms with Gasteiger partial charge in [0.15, 0.2) is 6.10 Å². The van der Waals surface area contributed by atoms with Gasteiger partial charge in [-0.3, -0.25) is 18.6 Å². The molecule has 0 bridgehead atoms. The third-order valence-corrected chi connectivity index (χ3v) is 6.27. The second-order valence-corrected chi connectivity index (χ2v) is 10.3. The second kappa shape index (κ2) is 22.2. The molecule has 3 atom stereocenters. The van der Waals surface area contributed by atoms with Crippen LogP contribution in [0.25, 0.3) is 0 Å². The minimum atomic E-state index is -4.56. The van der Waals surface area contributed by atoms with Gasteiger partial charge in [-0.2, -0.15) is 0 Å². The Morgan fingerprint density at radius 2 is 1.29 bits per heavy atom. The van der Waals surface area contributed by atoms with Crippen LogP contribution in [-0.4, -0.2) is 65.7 Å². The van der Waals surface area contributed by atoms with Crippen molar-refractivity contribution >= 4 is 19.8 Å². The lowest BCUT2D eigenvalue weighted by Crippen LogP contribution is -2.29. The van der Waals surface area contributed by atoms with E-state index in [-0.39, 0.29) is 13.0 Å². The molecule has 0 radical (unpaired) electrons. The van der Waals surface area contributed by atoms with Gasteiger partial charge in [-0.05, 0) is 6.42 Å². The largest absolute Gasteiger partial charge is 0.472 e. The van der Waals surface area contributed by atoms with Crippen LogP contribution in [0.4, 0.5) is 0 Å². The lowest BCUT2D eigenvalue weighted by molar-refractivity contribution is -0.160. The van der Waals surface area contributed by atoms with E-state index in [1.54, 1.807) is 0 Å². The van der Waals surface area contributed by atoms with E-state index in [1.807, 2.05) is 0 Å². The molecule has 10 nitrogen and oxygen atoms in total. The van der Waals surface area contributed by atoms with Crippen molar-refractivity contribution in [1.82, 2.24) is 0 Å². The number of carbonyl (C=O) groups excluding carboxylic acids is 2. The van der Waals surface area contributed by atoms with Crippen molar-refractivity contribution in [3.05, 3.63) is 0 Å². The van der Waals surface area contributed by atoms with E-state index < -0.39 is 51.8 Å². The molecule has 0 fully saturated rings. The molecule has 1 unspecified atom stereocenters. The van der Waals surface area contributed by atoms with E-state index in [0.717, 1.165) is 19.3 Å². The lowest BCUT2D eigenvalue weighted by atomic mass is 10.0. The first kappa shape index (κ1) is 34.0. The van der Waals surface area contributed by atoms with Crippen LogP contribution in [0, 0.1) is 0 Å². The molecule has 0 heterocycles. The second-order valence-electron chi connectivity index (χ2n) is 8.80. The number of hydrogen-bond donors (Lipinski definition) is 3. The average Bonchev–Trinajstić information content (AvgIpc) is 2.82. The van der Waals surface area contributed by atoms with E-state index in [4.69, 9.17) is 19.1 Å². The summed E-state index contributed by atoms with van der Waals surface area (Å²) >= 11 is 0. The predicted molar refractivity (Wildman–Crippen MR) is 132 cm³/mol. The van der Waals surface area contributed by atoms with Gasteiger partial charge in [0.1, 0.15) is 12.7 Å². The maximum atomic E-state index is 12.1. The van der Waals surface area contributed by atoms with Crippen molar-refractivity contribution in [2.45, 2.75) is 116 Å². The fraction of sp³-hybridized carbons (Fsp3) is 0.917. The van der Waals surface area contributed by atoms with Crippen LogP contribution in [0.15, 0.2) is 0 Å². The molecule has 11 heteroatoms. The number of aliphatic hydroxyl groups excluding tert-OH is 2. The molecule has 0 aromatic heterocycles. The summed E-state index contributed by atoms with van der Waals surface area (Å²) in [4.78, 5) is 32.8. The van der Waals surface area contributed by atoms with Crippen LogP contribution < -0.4 is 0 Å².